The van der Waals surface area contributed by atoms with E-state index in [-0.39, 0.29) is 12.2 Å². The minimum Gasteiger partial charge on any atom is -0.300 e. The number of ketones is 1. The quantitative estimate of drug-likeness (QED) is 0.607. The van der Waals surface area contributed by atoms with Crippen molar-refractivity contribution < 1.29 is 9.59 Å². The molecule has 0 bridgehead atoms. The zero-order valence-electron chi connectivity index (χ0n) is 6.65. The highest BCUT2D eigenvalue weighted by molar-refractivity contribution is 5.77. The van der Waals surface area contributed by atoms with E-state index in [0.717, 1.165) is 0 Å². The van der Waals surface area contributed by atoms with E-state index in [0.29, 0.717) is 17.7 Å². The van der Waals surface area contributed by atoms with Gasteiger partial charge in [0.05, 0.1) is 12.0 Å². The van der Waals surface area contributed by atoms with Gasteiger partial charge in [-0.15, -0.1) is 0 Å². The molecule has 0 amide bonds. The van der Waals surface area contributed by atoms with Crippen molar-refractivity contribution in [2.24, 2.45) is 0 Å². The van der Waals surface area contributed by atoms with Crippen LogP contribution in [0.1, 0.15) is 23.1 Å². The summed E-state index contributed by atoms with van der Waals surface area (Å²) in [5.74, 6) is 0.460. The van der Waals surface area contributed by atoms with E-state index in [9.17, 15) is 9.59 Å². The van der Waals surface area contributed by atoms with Crippen molar-refractivity contribution in [2.75, 3.05) is 0 Å². The highest BCUT2D eigenvalue weighted by Crippen LogP contribution is 1.93. The summed E-state index contributed by atoms with van der Waals surface area (Å²) < 4.78 is 0. The summed E-state index contributed by atoms with van der Waals surface area (Å²) in [6, 6.07) is 0. The number of hydrogen-bond acceptors (Lipinski definition) is 4. The van der Waals surface area contributed by atoms with Gasteiger partial charge in [0.2, 0.25) is 0 Å². The van der Waals surface area contributed by atoms with Gasteiger partial charge >= 0.3 is 0 Å². The van der Waals surface area contributed by atoms with Gasteiger partial charge in [-0.2, -0.15) is 0 Å². The summed E-state index contributed by atoms with van der Waals surface area (Å²) in [6.45, 7) is 1.47. The molecule has 0 aliphatic carbocycles. The third-order valence-corrected chi connectivity index (χ3v) is 1.27. The molecular weight excluding hydrogens is 156 g/mol. The van der Waals surface area contributed by atoms with Crippen LogP contribution in [0.2, 0.25) is 0 Å². The molecule has 4 heteroatoms. The Morgan fingerprint density at radius 3 is 2.50 bits per heavy atom. The van der Waals surface area contributed by atoms with Crippen LogP contribution in [0.5, 0.6) is 0 Å². The van der Waals surface area contributed by atoms with E-state index in [2.05, 4.69) is 9.97 Å². The highest BCUT2D eigenvalue weighted by atomic mass is 16.1. The first-order chi connectivity index (χ1) is 5.72. The van der Waals surface area contributed by atoms with Crippen LogP contribution in [0, 0.1) is 0 Å². The standard InChI is InChI=1S/C8H8N2O2/c1-6(12)2-8-9-3-7(5-11)4-10-8/h3-5H,2H2,1H3. The van der Waals surface area contributed by atoms with Crippen molar-refractivity contribution in [3.8, 4) is 0 Å². The van der Waals surface area contributed by atoms with Crippen molar-refractivity contribution in [3.05, 3.63) is 23.8 Å². The van der Waals surface area contributed by atoms with Crippen LogP contribution in [0.3, 0.4) is 0 Å². The Labute approximate surface area is 69.7 Å². The van der Waals surface area contributed by atoms with E-state index in [1.54, 1.807) is 0 Å². The molecule has 0 N–H and O–H groups in total. The van der Waals surface area contributed by atoms with Gasteiger partial charge in [0.25, 0.3) is 0 Å². The van der Waals surface area contributed by atoms with Gasteiger partial charge < -0.3 is 0 Å². The molecule has 0 saturated heterocycles. The Morgan fingerprint density at radius 2 is 2.08 bits per heavy atom. The molecule has 0 fully saturated rings. The Kier molecular flexibility index (Phi) is 2.63. The van der Waals surface area contributed by atoms with E-state index >= 15 is 0 Å². The van der Waals surface area contributed by atoms with E-state index in [1.807, 2.05) is 0 Å². The molecule has 0 saturated carbocycles. The number of rotatable bonds is 3. The monoisotopic (exact) mass is 164 g/mol. The average Bonchev–Trinajstić information content (AvgIpc) is 2.05. The molecule has 0 aromatic carbocycles. The summed E-state index contributed by atoms with van der Waals surface area (Å²) in [6.07, 6.45) is 3.69. The Balaban J connectivity index is 2.77. The molecule has 1 aromatic rings. The molecular formula is C8H8N2O2. The lowest BCUT2D eigenvalue weighted by Gasteiger charge is -1.94. The molecule has 0 unspecified atom stereocenters. The molecule has 1 aromatic heterocycles. The Morgan fingerprint density at radius 1 is 1.50 bits per heavy atom. The van der Waals surface area contributed by atoms with Crippen LogP contribution in [-0.2, 0) is 11.2 Å². The number of aromatic nitrogens is 2. The van der Waals surface area contributed by atoms with Crippen LogP contribution in [-0.4, -0.2) is 22.0 Å². The lowest BCUT2D eigenvalue weighted by Crippen LogP contribution is -2.02. The van der Waals surface area contributed by atoms with Crippen molar-refractivity contribution >= 4 is 12.1 Å². The van der Waals surface area contributed by atoms with Gasteiger partial charge in [-0.1, -0.05) is 0 Å². The van der Waals surface area contributed by atoms with Crippen molar-refractivity contribution in [1.29, 1.82) is 0 Å². The minimum atomic E-state index is 0.00820. The molecule has 0 aliphatic heterocycles. The third-order valence-electron chi connectivity index (χ3n) is 1.27. The van der Waals surface area contributed by atoms with Crippen LogP contribution >= 0.6 is 0 Å². The van der Waals surface area contributed by atoms with Crippen LogP contribution in [0.4, 0.5) is 0 Å². The maximum absolute atomic E-state index is 10.6. The second-order valence-corrected chi connectivity index (χ2v) is 2.43. The van der Waals surface area contributed by atoms with Gasteiger partial charge in [-0.25, -0.2) is 9.97 Å². The number of aldehydes is 1. The summed E-state index contributed by atoms with van der Waals surface area (Å²) in [4.78, 5) is 28.5. The molecule has 0 radical (unpaired) electrons. The lowest BCUT2D eigenvalue weighted by atomic mass is 10.3. The molecule has 62 valence electrons. The van der Waals surface area contributed by atoms with E-state index < -0.39 is 0 Å². The Hall–Kier alpha value is -1.58. The lowest BCUT2D eigenvalue weighted by molar-refractivity contribution is -0.116. The fourth-order valence-corrected chi connectivity index (χ4v) is 0.740. The van der Waals surface area contributed by atoms with Crippen molar-refractivity contribution in [3.63, 3.8) is 0 Å². The Bertz CT molecular complexity index is 292. The summed E-state index contributed by atoms with van der Waals surface area (Å²) in [7, 11) is 0. The first kappa shape index (κ1) is 8.52. The van der Waals surface area contributed by atoms with Gasteiger partial charge in [0.1, 0.15) is 11.6 Å². The number of nitrogens with zero attached hydrogens (tertiary/aromatic N) is 2. The molecule has 0 aliphatic rings. The van der Waals surface area contributed by atoms with Crippen LogP contribution < -0.4 is 0 Å². The number of carbonyl (C=O) groups is 2. The minimum absolute atomic E-state index is 0.00820. The molecule has 0 spiro atoms. The maximum atomic E-state index is 10.6. The summed E-state index contributed by atoms with van der Waals surface area (Å²) in [5, 5.41) is 0. The SMILES string of the molecule is CC(=O)Cc1ncc(C=O)cn1. The number of Topliss-reactive ketones (excluding diaryl/α,β-unsaturated/α-hetero) is 1. The normalized spacial score (nSPS) is 9.42. The number of hydrogen-bond donors (Lipinski definition) is 0. The first-order valence-electron chi connectivity index (χ1n) is 3.48. The maximum Gasteiger partial charge on any atom is 0.153 e. The second kappa shape index (κ2) is 3.71. The zero-order chi connectivity index (χ0) is 8.97. The van der Waals surface area contributed by atoms with Gasteiger partial charge in [-0.3, -0.25) is 9.59 Å². The van der Waals surface area contributed by atoms with Gasteiger partial charge in [-0.05, 0) is 6.92 Å². The molecule has 4 nitrogen and oxygen atoms in total. The fraction of sp³-hybridized carbons (Fsp3) is 0.250. The third kappa shape index (κ3) is 2.23. The zero-order valence-corrected chi connectivity index (χ0v) is 6.65. The van der Waals surface area contributed by atoms with Crippen LogP contribution in [0.15, 0.2) is 12.4 Å². The van der Waals surface area contributed by atoms with Crippen LogP contribution in [0.25, 0.3) is 0 Å². The first-order valence-corrected chi connectivity index (χ1v) is 3.48. The molecule has 12 heavy (non-hydrogen) atoms. The average molecular weight is 164 g/mol. The fourth-order valence-electron chi connectivity index (χ4n) is 0.740. The summed E-state index contributed by atoms with van der Waals surface area (Å²) in [5.41, 5.74) is 0.419. The predicted octanol–water partition coefficient (Wildman–Crippen LogP) is 0.421. The van der Waals surface area contributed by atoms with E-state index in [4.69, 9.17) is 0 Å². The van der Waals surface area contributed by atoms with Crippen molar-refractivity contribution in [1.82, 2.24) is 9.97 Å². The summed E-state index contributed by atoms with van der Waals surface area (Å²) >= 11 is 0. The van der Waals surface area contributed by atoms with Gasteiger partial charge in [0, 0.05) is 12.4 Å². The second-order valence-electron chi connectivity index (χ2n) is 2.43. The van der Waals surface area contributed by atoms with E-state index in [1.165, 1.54) is 19.3 Å². The smallest absolute Gasteiger partial charge is 0.153 e. The molecule has 0 atom stereocenters. The topological polar surface area (TPSA) is 59.9 Å². The number of carbonyl (C=O) groups excluding carboxylic acids is 2. The molecule has 1 heterocycles. The highest BCUT2D eigenvalue weighted by Gasteiger charge is 1.99. The van der Waals surface area contributed by atoms with Gasteiger partial charge in [0.15, 0.2) is 6.29 Å². The van der Waals surface area contributed by atoms with Crippen molar-refractivity contribution in [2.45, 2.75) is 13.3 Å². The largest absolute Gasteiger partial charge is 0.300 e. The molecule has 1 rings (SSSR count). The predicted molar refractivity (Wildman–Crippen MR) is 41.8 cm³/mol.